The van der Waals surface area contributed by atoms with Gasteiger partial charge in [-0.2, -0.15) is 4.31 Å². The number of sulfonamides is 1. The quantitative estimate of drug-likeness (QED) is 0.838. The molecule has 1 aliphatic rings. The van der Waals surface area contributed by atoms with Gasteiger partial charge in [0, 0.05) is 33.1 Å². The minimum atomic E-state index is -3.31. The van der Waals surface area contributed by atoms with E-state index in [9.17, 15) is 8.42 Å². The van der Waals surface area contributed by atoms with Crippen molar-refractivity contribution in [3.05, 3.63) is 41.3 Å². The van der Waals surface area contributed by atoms with E-state index in [1.807, 2.05) is 36.1 Å². The molecule has 0 amide bonds. The highest BCUT2D eigenvalue weighted by Gasteiger charge is 2.28. The molecule has 1 aromatic carbocycles. The summed E-state index contributed by atoms with van der Waals surface area (Å²) in [6.07, 6.45) is 0. The molecule has 3 rings (SSSR count). The van der Waals surface area contributed by atoms with E-state index in [-0.39, 0.29) is 5.75 Å². The van der Waals surface area contributed by atoms with Crippen LogP contribution in [-0.2, 0) is 15.8 Å². The fraction of sp³-hybridized carbons (Fsp3) is 0.467. The number of nitrogens with zero attached hydrogens (tertiary/aromatic N) is 4. The normalized spacial score (nSPS) is 16.7. The van der Waals surface area contributed by atoms with Gasteiger partial charge >= 0.3 is 6.01 Å². The average Bonchev–Trinajstić information content (AvgIpc) is 2.96. The molecule has 2 heterocycles. The molecule has 0 spiro atoms. The van der Waals surface area contributed by atoms with E-state index >= 15 is 0 Å². The summed E-state index contributed by atoms with van der Waals surface area (Å²) in [7, 11) is -3.31. The van der Waals surface area contributed by atoms with E-state index in [4.69, 9.17) is 4.42 Å². The Labute approximate surface area is 136 Å². The summed E-state index contributed by atoms with van der Waals surface area (Å²) in [6.45, 7) is 5.67. The van der Waals surface area contributed by atoms with Gasteiger partial charge in [-0.15, -0.1) is 5.10 Å². The third kappa shape index (κ3) is 3.70. The van der Waals surface area contributed by atoms with Crippen molar-refractivity contribution in [1.82, 2.24) is 14.5 Å². The topological polar surface area (TPSA) is 79.5 Å². The first kappa shape index (κ1) is 15.9. The number of benzene rings is 1. The van der Waals surface area contributed by atoms with E-state index in [1.165, 1.54) is 4.31 Å². The van der Waals surface area contributed by atoms with Crippen molar-refractivity contribution in [2.45, 2.75) is 19.6 Å². The van der Waals surface area contributed by atoms with Gasteiger partial charge in [0.05, 0.1) is 5.75 Å². The molecular formula is C15H20N4O3S. The van der Waals surface area contributed by atoms with Gasteiger partial charge in [0.1, 0.15) is 0 Å². The molecule has 23 heavy (non-hydrogen) atoms. The summed E-state index contributed by atoms with van der Waals surface area (Å²) in [6, 6.07) is 8.05. The minimum absolute atomic E-state index is 0.0347. The lowest BCUT2D eigenvalue weighted by atomic mass is 10.2. The van der Waals surface area contributed by atoms with E-state index < -0.39 is 10.0 Å². The van der Waals surface area contributed by atoms with Gasteiger partial charge in [0.15, 0.2) is 0 Å². The Hall–Kier alpha value is -1.93. The lowest BCUT2D eigenvalue weighted by molar-refractivity contribution is 0.369. The van der Waals surface area contributed by atoms with Crippen LogP contribution in [0, 0.1) is 13.8 Å². The second-order valence-electron chi connectivity index (χ2n) is 5.73. The fourth-order valence-corrected chi connectivity index (χ4v) is 4.07. The summed E-state index contributed by atoms with van der Waals surface area (Å²) in [5.41, 5.74) is 1.93. The van der Waals surface area contributed by atoms with Crippen LogP contribution in [0.5, 0.6) is 0 Å². The van der Waals surface area contributed by atoms with Crippen molar-refractivity contribution in [2.24, 2.45) is 0 Å². The Morgan fingerprint density at radius 2 is 1.70 bits per heavy atom. The number of hydrogen-bond acceptors (Lipinski definition) is 6. The molecule has 0 N–H and O–H groups in total. The molecule has 1 saturated heterocycles. The molecule has 2 aromatic rings. The van der Waals surface area contributed by atoms with Crippen LogP contribution in [0.1, 0.15) is 17.0 Å². The van der Waals surface area contributed by atoms with Gasteiger partial charge in [-0.3, -0.25) is 0 Å². The maximum Gasteiger partial charge on any atom is 0.318 e. The Bertz CT molecular complexity index is 762. The Morgan fingerprint density at radius 1 is 1.04 bits per heavy atom. The van der Waals surface area contributed by atoms with Crippen molar-refractivity contribution in [1.29, 1.82) is 0 Å². The molecule has 1 fully saturated rings. The molecular weight excluding hydrogens is 316 g/mol. The van der Waals surface area contributed by atoms with Crippen LogP contribution < -0.4 is 4.90 Å². The predicted molar refractivity (Wildman–Crippen MR) is 86.6 cm³/mol. The Kier molecular flexibility index (Phi) is 4.36. The van der Waals surface area contributed by atoms with Crippen LogP contribution in [-0.4, -0.2) is 49.1 Å². The molecule has 0 bridgehead atoms. The molecule has 0 atom stereocenters. The predicted octanol–water partition coefficient (Wildman–Crippen LogP) is 1.34. The zero-order valence-corrected chi connectivity index (χ0v) is 14.1. The molecule has 1 aliphatic heterocycles. The standard InChI is InChI=1S/C15H20N4O3S/c1-12-3-5-14(6-4-12)11-23(20,21)19-9-7-18(8-10-19)15-17-16-13(2)22-15/h3-6H,7-11H2,1-2H3. The van der Waals surface area contributed by atoms with E-state index in [0.717, 1.165) is 11.1 Å². The summed E-state index contributed by atoms with van der Waals surface area (Å²) < 4.78 is 32.0. The van der Waals surface area contributed by atoms with Gasteiger partial charge in [0.2, 0.25) is 15.9 Å². The first-order valence-corrected chi connectivity index (χ1v) is 9.13. The summed E-state index contributed by atoms with van der Waals surface area (Å²) in [5.74, 6) is 0.543. The molecule has 0 radical (unpaired) electrons. The highest BCUT2D eigenvalue weighted by Crippen LogP contribution is 2.18. The molecule has 8 heteroatoms. The Balaban J connectivity index is 1.63. The number of piperazine rings is 1. The highest BCUT2D eigenvalue weighted by molar-refractivity contribution is 7.88. The monoisotopic (exact) mass is 336 g/mol. The van der Waals surface area contributed by atoms with Crippen molar-refractivity contribution in [3.8, 4) is 0 Å². The number of hydrogen-bond donors (Lipinski definition) is 0. The largest absolute Gasteiger partial charge is 0.408 e. The van der Waals surface area contributed by atoms with Crippen molar-refractivity contribution in [2.75, 3.05) is 31.1 Å². The molecule has 0 aliphatic carbocycles. The van der Waals surface area contributed by atoms with E-state index in [0.29, 0.717) is 38.1 Å². The summed E-state index contributed by atoms with van der Waals surface area (Å²) in [5, 5.41) is 7.78. The van der Waals surface area contributed by atoms with Gasteiger partial charge in [0.25, 0.3) is 0 Å². The van der Waals surface area contributed by atoms with Crippen molar-refractivity contribution in [3.63, 3.8) is 0 Å². The van der Waals surface area contributed by atoms with Crippen LogP contribution in [0.25, 0.3) is 0 Å². The molecule has 1 aromatic heterocycles. The van der Waals surface area contributed by atoms with E-state index in [1.54, 1.807) is 6.92 Å². The zero-order valence-electron chi connectivity index (χ0n) is 13.3. The average molecular weight is 336 g/mol. The second-order valence-corrected chi connectivity index (χ2v) is 7.70. The third-order valence-corrected chi connectivity index (χ3v) is 5.74. The van der Waals surface area contributed by atoms with E-state index in [2.05, 4.69) is 10.2 Å². The second kappa shape index (κ2) is 6.29. The first-order valence-electron chi connectivity index (χ1n) is 7.52. The van der Waals surface area contributed by atoms with Crippen LogP contribution in [0.2, 0.25) is 0 Å². The van der Waals surface area contributed by atoms with Crippen molar-refractivity contribution < 1.29 is 12.8 Å². The smallest absolute Gasteiger partial charge is 0.318 e. The lowest BCUT2D eigenvalue weighted by Crippen LogP contribution is -2.49. The molecule has 7 nitrogen and oxygen atoms in total. The SMILES string of the molecule is Cc1ccc(CS(=O)(=O)N2CCN(c3nnc(C)o3)CC2)cc1. The van der Waals surface area contributed by atoms with Gasteiger partial charge < -0.3 is 9.32 Å². The Morgan fingerprint density at radius 3 is 2.26 bits per heavy atom. The zero-order chi connectivity index (χ0) is 16.4. The molecule has 0 unspecified atom stereocenters. The first-order chi connectivity index (χ1) is 10.9. The van der Waals surface area contributed by atoms with Crippen LogP contribution in [0.4, 0.5) is 6.01 Å². The number of anilines is 1. The minimum Gasteiger partial charge on any atom is -0.408 e. The summed E-state index contributed by atoms with van der Waals surface area (Å²) >= 11 is 0. The highest BCUT2D eigenvalue weighted by atomic mass is 32.2. The van der Waals surface area contributed by atoms with Gasteiger partial charge in [-0.05, 0) is 12.5 Å². The fourth-order valence-electron chi connectivity index (χ4n) is 2.56. The van der Waals surface area contributed by atoms with Gasteiger partial charge in [-0.25, -0.2) is 8.42 Å². The maximum atomic E-state index is 12.5. The van der Waals surface area contributed by atoms with Crippen LogP contribution >= 0.6 is 0 Å². The maximum absolute atomic E-state index is 12.5. The third-order valence-electron chi connectivity index (χ3n) is 3.89. The summed E-state index contributed by atoms with van der Waals surface area (Å²) in [4.78, 5) is 1.91. The van der Waals surface area contributed by atoms with Crippen LogP contribution in [0.15, 0.2) is 28.7 Å². The number of aryl methyl sites for hydroxylation is 2. The van der Waals surface area contributed by atoms with Crippen LogP contribution in [0.3, 0.4) is 0 Å². The molecule has 124 valence electrons. The van der Waals surface area contributed by atoms with Crippen molar-refractivity contribution >= 4 is 16.0 Å². The number of aromatic nitrogens is 2. The lowest BCUT2D eigenvalue weighted by Gasteiger charge is -2.32. The molecule has 0 saturated carbocycles. The number of rotatable bonds is 4. The van der Waals surface area contributed by atoms with Gasteiger partial charge in [-0.1, -0.05) is 34.9 Å².